The first-order chi connectivity index (χ1) is 9.06. The molecule has 1 aromatic heterocycles. The normalized spacial score (nSPS) is 10.4. The Labute approximate surface area is 110 Å². The average molecular weight is 258 g/mol. The van der Waals surface area contributed by atoms with E-state index >= 15 is 0 Å². The summed E-state index contributed by atoms with van der Waals surface area (Å²) in [6.45, 7) is 1.58. The first-order valence-electron chi connectivity index (χ1n) is 5.95. The van der Waals surface area contributed by atoms with E-state index in [1.165, 1.54) is 0 Å². The van der Waals surface area contributed by atoms with Gasteiger partial charge in [0.1, 0.15) is 11.3 Å². The molecule has 0 aliphatic carbocycles. The number of aromatic amines is 1. The molecular weight excluding hydrogens is 242 g/mol. The van der Waals surface area contributed by atoms with Gasteiger partial charge in [-0.3, -0.25) is 9.78 Å². The Bertz CT molecular complexity index is 675. The molecule has 0 saturated heterocycles. The smallest absolute Gasteiger partial charge is 0.264 e. The van der Waals surface area contributed by atoms with Crippen LogP contribution >= 0.6 is 0 Å². The SMILES string of the molecule is C[NH2+]c1[nH]c(=O)c(-c2ccccc2)c(O)c1C(C)=N. The second kappa shape index (κ2) is 5.07. The van der Waals surface area contributed by atoms with Crippen LogP contribution in [0.1, 0.15) is 12.5 Å². The van der Waals surface area contributed by atoms with Crippen molar-refractivity contribution >= 4 is 11.5 Å². The van der Waals surface area contributed by atoms with E-state index in [0.717, 1.165) is 0 Å². The molecular formula is C14H16N3O2+. The Morgan fingerprint density at radius 3 is 2.47 bits per heavy atom. The summed E-state index contributed by atoms with van der Waals surface area (Å²) in [6.07, 6.45) is 0. The van der Waals surface area contributed by atoms with Gasteiger partial charge in [0.25, 0.3) is 5.56 Å². The number of nitrogens with one attached hydrogen (secondary N) is 2. The zero-order chi connectivity index (χ0) is 14.0. The quantitative estimate of drug-likeness (QED) is 0.617. The van der Waals surface area contributed by atoms with Crippen molar-refractivity contribution in [3.05, 3.63) is 46.2 Å². The van der Waals surface area contributed by atoms with Gasteiger partial charge in [-0.1, -0.05) is 30.3 Å². The van der Waals surface area contributed by atoms with Crippen molar-refractivity contribution < 1.29 is 10.4 Å². The van der Waals surface area contributed by atoms with E-state index < -0.39 is 0 Å². The summed E-state index contributed by atoms with van der Waals surface area (Å²) >= 11 is 0. The van der Waals surface area contributed by atoms with Crippen LogP contribution in [0.5, 0.6) is 5.75 Å². The number of aromatic nitrogens is 1. The zero-order valence-electron chi connectivity index (χ0n) is 10.8. The predicted molar refractivity (Wildman–Crippen MR) is 74.2 cm³/mol. The Hall–Kier alpha value is -2.40. The van der Waals surface area contributed by atoms with Crippen LogP contribution in [0.4, 0.5) is 5.82 Å². The highest BCUT2D eigenvalue weighted by atomic mass is 16.3. The molecule has 19 heavy (non-hydrogen) atoms. The third kappa shape index (κ3) is 2.28. The van der Waals surface area contributed by atoms with E-state index in [-0.39, 0.29) is 22.6 Å². The van der Waals surface area contributed by atoms with Crippen LogP contribution in [0, 0.1) is 5.41 Å². The van der Waals surface area contributed by atoms with Gasteiger partial charge in [0, 0.05) is 5.71 Å². The lowest BCUT2D eigenvalue weighted by Gasteiger charge is -2.10. The predicted octanol–water partition coefficient (Wildman–Crippen LogP) is 0.960. The summed E-state index contributed by atoms with van der Waals surface area (Å²) in [5, 5.41) is 19.7. The number of benzene rings is 1. The molecule has 0 bridgehead atoms. The lowest BCUT2D eigenvalue weighted by molar-refractivity contribution is -0.543. The minimum Gasteiger partial charge on any atom is -0.506 e. The van der Waals surface area contributed by atoms with Crippen LogP contribution in [-0.4, -0.2) is 22.8 Å². The molecule has 5 heteroatoms. The van der Waals surface area contributed by atoms with Gasteiger partial charge in [-0.05, 0) is 12.5 Å². The van der Waals surface area contributed by atoms with Gasteiger partial charge in [-0.15, -0.1) is 0 Å². The molecule has 0 fully saturated rings. The molecule has 0 radical (unpaired) electrons. The largest absolute Gasteiger partial charge is 0.506 e. The first-order valence-corrected chi connectivity index (χ1v) is 5.95. The molecule has 0 atom stereocenters. The third-order valence-corrected chi connectivity index (χ3v) is 2.94. The summed E-state index contributed by atoms with van der Waals surface area (Å²) in [4.78, 5) is 14.8. The first kappa shape index (κ1) is 13.0. The lowest BCUT2D eigenvalue weighted by atomic mass is 10.0. The minimum absolute atomic E-state index is 0.143. The molecule has 0 saturated carbocycles. The second-order valence-electron chi connectivity index (χ2n) is 4.25. The van der Waals surface area contributed by atoms with Gasteiger partial charge in [0.05, 0.1) is 12.6 Å². The maximum Gasteiger partial charge on any atom is 0.264 e. The van der Waals surface area contributed by atoms with Crippen LogP contribution in [0.15, 0.2) is 35.1 Å². The van der Waals surface area contributed by atoms with Crippen molar-refractivity contribution in [2.24, 2.45) is 0 Å². The fourth-order valence-electron chi connectivity index (χ4n) is 2.08. The van der Waals surface area contributed by atoms with E-state index in [9.17, 15) is 9.90 Å². The van der Waals surface area contributed by atoms with Gasteiger partial charge >= 0.3 is 0 Å². The van der Waals surface area contributed by atoms with Crippen LogP contribution < -0.4 is 10.9 Å². The summed E-state index contributed by atoms with van der Waals surface area (Å²) in [5.74, 6) is 0.324. The summed E-state index contributed by atoms with van der Waals surface area (Å²) < 4.78 is 0. The molecule has 1 aromatic carbocycles. The molecule has 98 valence electrons. The fraction of sp³-hybridized carbons (Fsp3) is 0.143. The number of pyridine rings is 1. The number of rotatable bonds is 3. The Balaban J connectivity index is 2.80. The van der Waals surface area contributed by atoms with E-state index in [0.29, 0.717) is 16.9 Å². The van der Waals surface area contributed by atoms with Crippen molar-refractivity contribution in [1.29, 1.82) is 5.41 Å². The van der Waals surface area contributed by atoms with Crippen molar-refractivity contribution in [2.45, 2.75) is 6.92 Å². The molecule has 0 aliphatic rings. The van der Waals surface area contributed by atoms with Gasteiger partial charge in [0.15, 0.2) is 0 Å². The second-order valence-corrected chi connectivity index (χ2v) is 4.25. The molecule has 0 amide bonds. The van der Waals surface area contributed by atoms with Crippen molar-refractivity contribution in [2.75, 3.05) is 7.05 Å². The standard InChI is InChI=1S/C14H15N3O2/c1-8(15)10-12(18)11(9-6-4-3-5-7-9)14(19)17-13(10)16-2/h3-7,15H,1-2H3,(H3,16,17,18,19)/p+1. The van der Waals surface area contributed by atoms with Crippen molar-refractivity contribution in [1.82, 2.24) is 4.98 Å². The van der Waals surface area contributed by atoms with Gasteiger partial charge < -0.3 is 15.8 Å². The van der Waals surface area contributed by atoms with Crippen LogP contribution in [0.2, 0.25) is 0 Å². The number of aromatic hydroxyl groups is 1. The number of hydrogen-bond acceptors (Lipinski definition) is 3. The van der Waals surface area contributed by atoms with E-state index in [1.54, 1.807) is 43.6 Å². The van der Waals surface area contributed by atoms with Crippen molar-refractivity contribution in [3.63, 3.8) is 0 Å². The molecule has 5 N–H and O–H groups in total. The maximum absolute atomic E-state index is 12.1. The van der Waals surface area contributed by atoms with E-state index in [1.807, 2.05) is 6.07 Å². The summed E-state index contributed by atoms with van der Waals surface area (Å²) in [5.41, 5.74) is 1.04. The maximum atomic E-state index is 12.1. The number of H-pyrrole nitrogens is 1. The van der Waals surface area contributed by atoms with E-state index in [2.05, 4.69) is 4.98 Å². The summed E-state index contributed by atoms with van der Waals surface area (Å²) in [7, 11) is 1.75. The Kier molecular flexibility index (Phi) is 3.48. The molecule has 2 aromatic rings. The molecule has 0 aliphatic heterocycles. The zero-order valence-corrected chi connectivity index (χ0v) is 10.8. The van der Waals surface area contributed by atoms with Crippen LogP contribution in [-0.2, 0) is 0 Å². The van der Waals surface area contributed by atoms with Gasteiger partial charge in [0.2, 0.25) is 5.82 Å². The topological polar surface area (TPSA) is 93.6 Å². The highest BCUT2D eigenvalue weighted by Gasteiger charge is 2.21. The Morgan fingerprint density at radius 2 is 1.95 bits per heavy atom. The molecule has 5 nitrogen and oxygen atoms in total. The number of nitrogens with two attached hydrogens (primary N) is 1. The minimum atomic E-state index is -0.359. The number of hydrogen-bond donors (Lipinski definition) is 4. The molecule has 0 spiro atoms. The molecule has 1 heterocycles. The van der Waals surface area contributed by atoms with E-state index in [4.69, 9.17) is 5.41 Å². The van der Waals surface area contributed by atoms with Gasteiger partial charge in [-0.25, -0.2) is 0 Å². The lowest BCUT2D eigenvalue weighted by Crippen LogP contribution is -2.74. The average Bonchev–Trinajstić information content (AvgIpc) is 2.38. The summed E-state index contributed by atoms with van der Waals surface area (Å²) in [6, 6.07) is 8.94. The van der Waals surface area contributed by atoms with Crippen LogP contribution in [0.3, 0.4) is 0 Å². The van der Waals surface area contributed by atoms with Crippen LogP contribution in [0.25, 0.3) is 11.1 Å². The molecule has 0 unspecified atom stereocenters. The Morgan fingerprint density at radius 1 is 1.32 bits per heavy atom. The van der Waals surface area contributed by atoms with Crippen molar-refractivity contribution in [3.8, 4) is 16.9 Å². The number of quaternary nitrogens is 1. The monoisotopic (exact) mass is 258 g/mol. The highest BCUT2D eigenvalue weighted by Crippen LogP contribution is 2.30. The van der Waals surface area contributed by atoms with Gasteiger partial charge in [-0.2, -0.15) is 0 Å². The fourth-order valence-corrected chi connectivity index (χ4v) is 2.08. The molecule has 2 rings (SSSR count). The highest BCUT2D eigenvalue weighted by molar-refractivity contribution is 6.03. The third-order valence-electron chi connectivity index (χ3n) is 2.94.